The Balaban J connectivity index is 1.86. The summed E-state index contributed by atoms with van der Waals surface area (Å²) in [5, 5.41) is 8.88. The maximum Gasteiger partial charge on any atom is 0.408 e. The van der Waals surface area contributed by atoms with Crippen molar-refractivity contribution in [3.8, 4) is 0 Å². The third kappa shape index (κ3) is 7.80. The maximum atomic E-state index is 13.6. The van der Waals surface area contributed by atoms with Crippen LogP contribution in [0, 0.1) is 5.41 Å². The fourth-order valence-corrected chi connectivity index (χ4v) is 7.74. The van der Waals surface area contributed by atoms with E-state index in [1.807, 2.05) is 41.5 Å². The molecule has 190 valence electrons. The molecule has 1 fully saturated rings. The largest absolute Gasteiger partial charge is 0.444 e. The molecule has 1 saturated carbocycles. The predicted octanol–water partition coefficient (Wildman–Crippen LogP) is 5.49. The third-order valence-corrected chi connectivity index (χ3v) is 9.24. The zero-order valence-corrected chi connectivity index (χ0v) is 22.9. The Kier molecular flexibility index (Phi) is 8.99. The van der Waals surface area contributed by atoms with Gasteiger partial charge in [-0.1, -0.05) is 94.3 Å². The van der Waals surface area contributed by atoms with Crippen LogP contribution in [0.4, 0.5) is 4.79 Å². The maximum absolute atomic E-state index is 13.6. The summed E-state index contributed by atoms with van der Waals surface area (Å²) in [6.07, 6.45) is 3.70. The van der Waals surface area contributed by atoms with Crippen LogP contribution >= 0.6 is 7.92 Å². The normalized spacial score (nSPS) is 19.6. The third-order valence-electron chi connectivity index (χ3n) is 6.25. The molecule has 0 unspecified atom stereocenters. The molecule has 5 nitrogen and oxygen atoms in total. The Morgan fingerprint density at radius 3 is 1.86 bits per heavy atom. The number of benzene rings is 2. The first-order chi connectivity index (χ1) is 16.5. The first-order valence-electron chi connectivity index (χ1n) is 12.6. The van der Waals surface area contributed by atoms with Crippen molar-refractivity contribution in [1.82, 2.24) is 10.6 Å². The van der Waals surface area contributed by atoms with Crippen molar-refractivity contribution < 1.29 is 14.3 Å². The van der Waals surface area contributed by atoms with E-state index in [1.165, 1.54) is 10.6 Å². The Morgan fingerprint density at radius 2 is 1.37 bits per heavy atom. The quantitative estimate of drug-likeness (QED) is 0.520. The molecule has 3 atom stereocenters. The summed E-state index contributed by atoms with van der Waals surface area (Å²) in [7, 11) is -0.648. The van der Waals surface area contributed by atoms with Crippen molar-refractivity contribution in [3.63, 3.8) is 0 Å². The van der Waals surface area contributed by atoms with E-state index in [0.717, 1.165) is 25.7 Å². The monoisotopic (exact) mass is 496 g/mol. The fourth-order valence-electron chi connectivity index (χ4n) is 4.66. The molecule has 2 aromatic carbocycles. The van der Waals surface area contributed by atoms with Gasteiger partial charge in [-0.2, -0.15) is 0 Å². The van der Waals surface area contributed by atoms with E-state index in [-0.39, 0.29) is 11.9 Å². The molecule has 2 aromatic rings. The van der Waals surface area contributed by atoms with Gasteiger partial charge in [0.1, 0.15) is 11.6 Å². The van der Waals surface area contributed by atoms with Gasteiger partial charge in [0.2, 0.25) is 5.91 Å². The number of amides is 2. The average Bonchev–Trinajstić information content (AvgIpc) is 2.78. The summed E-state index contributed by atoms with van der Waals surface area (Å²) in [5.41, 5.74) is -0.761. The van der Waals surface area contributed by atoms with Gasteiger partial charge in [-0.25, -0.2) is 4.79 Å². The number of rotatable bonds is 6. The number of hydrogen-bond donors (Lipinski definition) is 2. The first-order valence-corrected chi connectivity index (χ1v) is 14.1. The van der Waals surface area contributed by atoms with E-state index in [2.05, 4.69) is 71.3 Å². The number of carbonyl (C=O) groups is 2. The second-order valence-corrected chi connectivity index (χ2v) is 13.9. The molecule has 0 radical (unpaired) electrons. The molecular weight excluding hydrogens is 455 g/mol. The van der Waals surface area contributed by atoms with Gasteiger partial charge in [0.15, 0.2) is 0 Å². The number of hydrogen-bond acceptors (Lipinski definition) is 3. The van der Waals surface area contributed by atoms with Crippen LogP contribution in [0.1, 0.15) is 67.2 Å². The van der Waals surface area contributed by atoms with E-state index in [1.54, 1.807) is 0 Å². The van der Waals surface area contributed by atoms with E-state index >= 15 is 0 Å². The lowest BCUT2D eigenvalue weighted by Gasteiger charge is -2.40. The lowest BCUT2D eigenvalue weighted by atomic mass is 9.85. The molecule has 0 aliphatic heterocycles. The lowest BCUT2D eigenvalue weighted by molar-refractivity contribution is -0.126. The van der Waals surface area contributed by atoms with Gasteiger partial charge in [0, 0.05) is 11.7 Å². The summed E-state index contributed by atoms with van der Waals surface area (Å²) in [6, 6.07) is 20.7. The Hall–Kier alpha value is -2.39. The van der Waals surface area contributed by atoms with E-state index in [0.29, 0.717) is 5.66 Å². The zero-order valence-electron chi connectivity index (χ0n) is 22.0. The Bertz CT molecular complexity index is 927. The van der Waals surface area contributed by atoms with Crippen LogP contribution in [-0.2, 0) is 9.53 Å². The molecule has 0 saturated heterocycles. The highest BCUT2D eigenvalue weighted by Crippen LogP contribution is 2.46. The molecule has 1 aliphatic carbocycles. The van der Waals surface area contributed by atoms with Crippen LogP contribution in [0.15, 0.2) is 60.7 Å². The molecule has 0 aromatic heterocycles. The van der Waals surface area contributed by atoms with Gasteiger partial charge >= 0.3 is 6.09 Å². The zero-order chi connectivity index (χ0) is 25.6. The number of nitrogens with one attached hydrogen (secondary N) is 2. The second kappa shape index (κ2) is 11.6. The minimum Gasteiger partial charge on any atom is -0.444 e. The molecule has 0 heterocycles. The van der Waals surface area contributed by atoms with Crippen LogP contribution < -0.4 is 21.2 Å². The lowest BCUT2D eigenvalue weighted by Crippen LogP contribution is -2.58. The summed E-state index contributed by atoms with van der Waals surface area (Å²) in [4.78, 5) is 26.2. The van der Waals surface area contributed by atoms with Crippen LogP contribution in [0.3, 0.4) is 0 Å². The van der Waals surface area contributed by atoms with Crippen molar-refractivity contribution in [2.75, 3.05) is 0 Å². The minimum absolute atomic E-state index is 0.0491. The van der Waals surface area contributed by atoms with Gasteiger partial charge in [-0.15, -0.1) is 0 Å². The highest BCUT2D eigenvalue weighted by atomic mass is 31.1. The summed E-state index contributed by atoms with van der Waals surface area (Å²) >= 11 is 0. The minimum atomic E-state index is -0.695. The fraction of sp³-hybridized carbons (Fsp3) is 0.517. The number of alkyl carbamates (subject to hydrolysis) is 1. The molecule has 3 rings (SSSR count). The summed E-state index contributed by atoms with van der Waals surface area (Å²) in [5.74, 6) is -0.142. The van der Waals surface area contributed by atoms with Gasteiger partial charge in [-0.3, -0.25) is 4.79 Å². The molecule has 0 bridgehead atoms. The topological polar surface area (TPSA) is 67.4 Å². The van der Waals surface area contributed by atoms with E-state index < -0.39 is 31.1 Å². The van der Waals surface area contributed by atoms with Crippen molar-refractivity contribution >= 4 is 30.5 Å². The smallest absolute Gasteiger partial charge is 0.408 e. The SMILES string of the molecule is CC(C)(C)OC(=O)N[C@H](C(=O)N[C@@H]1CCCC[C@H]1P(c1ccccc1)c1ccccc1)C(C)(C)C. The molecule has 2 amide bonds. The van der Waals surface area contributed by atoms with E-state index in [9.17, 15) is 9.59 Å². The molecule has 1 aliphatic rings. The standard InChI is InChI=1S/C29H41N2O3P/c1-28(2,3)25(31-27(33)34-29(4,5)6)26(32)30-23-19-13-14-20-24(23)35(21-15-9-7-10-16-21)22-17-11-8-12-18-22/h7-12,15-18,23-25H,13-14,19-20H2,1-6H3,(H,30,32)(H,31,33)/t23-,24-,25-/m1/s1. The molecule has 35 heavy (non-hydrogen) atoms. The van der Waals surface area contributed by atoms with Crippen LogP contribution in [0.5, 0.6) is 0 Å². The van der Waals surface area contributed by atoms with Crippen LogP contribution in [0.2, 0.25) is 0 Å². The first kappa shape index (κ1) is 27.2. The molecule has 2 N–H and O–H groups in total. The van der Waals surface area contributed by atoms with Crippen molar-refractivity contribution in [2.45, 2.75) is 90.6 Å². The van der Waals surface area contributed by atoms with Gasteiger partial charge in [-0.05, 0) is 57.6 Å². The highest BCUT2D eigenvalue weighted by Gasteiger charge is 2.39. The number of ether oxygens (including phenoxy) is 1. The average molecular weight is 497 g/mol. The Labute approximate surface area is 212 Å². The van der Waals surface area contributed by atoms with Crippen molar-refractivity contribution in [3.05, 3.63) is 60.7 Å². The van der Waals surface area contributed by atoms with Crippen LogP contribution in [0.25, 0.3) is 0 Å². The van der Waals surface area contributed by atoms with Gasteiger partial charge in [0.05, 0.1) is 0 Å². The second-order valence-electron chi connectivity index (χ2n) is 11.5. The van der Waals surface area contributed by atoms with Crippen LogP contribution in [-0.4, -0.2) is 35.3 Å². The summed E-state index contributed by atoms with van der Waals surface area (Å²) in [6.45, 7) is 11.4. The van der Waals surface area contributed by atoms with Crippen molar-refractivity contribution in [2.24, 2.45) is 5.41 Å². The number of carbonyl (C=O) groups excluding carboxylic acids is 2. The predicted molar refractivity (Wildman–Crippen MR) is 146 cm³/mol. The van der Waals surface area contributed by atoms with Crippen molar-refractivity contribution in [1.29, 1.82) is 0 Å². The molecule has 6 heteroatoms. The van der Waals surface area contributed by atoms with Gasteiger partial charge in [0.25, 0.3) is 0 Å². The molecular formula is C29H41N2O3P. The van der Waals surface area contributed by atoms with E-state index in [4.69, 9.17) is 4.74 Å². The Morgan fingerprint density at radius 1 is 0.857 bits per heavy atom. The highest BCUT2D eigenvalue weighted by molar-refractivity contribution is 7.73. The van der Waals surface area contributed by atoms with Gasteiger partial charge < -0.3 is 15.4 Å². The summed E-state index contributed by atoms with van der Waals surface area (Å²) < 4.78 is 5.45. The molecule has 0 spiro atoms.